The van der Waals surface area contributed by atoms with Crippen molar-refractivity contribution >= 4 is 59.2 Å². The molecule has 13 N–H and O–H groups in total. The third-order valence-electron chi connectivity index (χ3n) is 12.8. The fourth-order valence-corrected chi connectivity index (χ4v) is 8.58. The maximum absolute atomic E-state index is 15.1. The van der Waals surface area contributed by atoms with Crippen molar-refractivity contribution in [1.29, 1.82) is 0 Å². The first-order chi connectivity index (χ1) is 34.6. The van der Waals surface area contributed by atoms with E-state index in [1.54, 1.807) is 56.3 Å². The standard InChI is InChI=1S/C50H73N11O12/c1-6-7-9-16-39(64)55-34(21-23-38(51)63)44(67)59-42-29(4)73-49(72)41(28(2)3)58-45(68)36(26-31-17-19-32(62)20-18-31)60(5)48(71)37(27-30-13-10-8-11-14-30)61-40(65)24-22-35(47(61)70)57-43(66)33(56-46(42)69)15-12-25-54-50(52)53/h8,10-11,13-14,17-20,28-29,33-37,40-42,62,65H,6-7,9,12,15-16,21-27H2,1-5H3,(H2,51,63)(H,55,64)(H,56,69)(H,57,66)(H,58,68)(H,59,67)(H4,52,53,54). The minimum Gasteiger partial charge on any atom is -0.508 e. The fourth-order valence-electron chi connectivity index (χ4n) is 8.58. The van der Waals surface area contributed by atoms with E-state index in [0.29, 0.717) is 17.5 Å². The number of carbonyl (C=O) groups excluding carboxylic acids is 9. The van der Waals surface area contributed by atoms with Crippen LogP contribution in [0.15, 0.2) is 59.6 Å². The van der Waals surface area contributed by atoms with Crippen molar-refractivity contribution in [3.63, 3.8) is 0 Å². The number of phenols is 1. The van der Waals surface area contributed by atoms with Gasteiger partial charge >= 0.3 is 5.97 Å². The lowest BCUT2D eigenvalue weighted by atomic mass is 9.95. The number of cyclic esters (lactones) is 1. The van der Waals surface area contributed by atoms with Crippen molar-refractivity contribution in [2.45, 2.75) is 159 Å². The van der Waals surface area contributed by atoms with E-state index < -0.39 is 114 Å². The van der Waals surface area contributed by atoms with Gasteiger partial charge in [0.25, 0.3) is 0 Å². The van der Waals surface area contributed by atoms with Gasteiger partial charge in [0.15, 0.2) is 5.96 Å². The van der Waals surface area contributed by atoms with Crippen molar-refractivity contribution in [2.75, 3.05) is 13.6 Å². The zero-order chi connectivity index (χ0) is 53.9. The molecular weight excluding hydrogens is 947 g/mol. The van der Waals surface area contributed by atoms with Crippen LogP contribution in [0.4, 0.5) is 0 Å². The Kier molecular flexibility index (Phi) is 22.4. The molecule has 9 unspecified atom stereocenters. The number of aromatic hydroxyl groups is 1. The number of hydrogen-bond donors (Lipinski definition) is 10. The monoisotopic (exact) mass is 1020 g/mol. The molecule has 0 aromatic heterocycles. The number of amides is 8. The summed E-state index contributed by atoms with van der Waals surface area (Å²) in [5.41, 5.74) is 17.6. The number of nitrogens with two attached hydrogens (primary N) is 3. The molecule has 23 nitrogen and oxygen atoms in total. The summed E-state index contributed by atoms with van der Waals surface area (Å²) < 4.78 is 5.89. The first-order valence-corrected chi connectivity index (χ1v) is 24.7. The number of fused-ring (bicyclic) bond motifs is 2. The summed E-state index contributed by atoms with van der Waals surface area (Å²) in [5.74, 6) is -8.70. The number of benzene rings is 2. The highest BCUT2D eigenvalue weighted by Gasteiger charge is 2.46. The number of nitrogens with one attached hydrogen (secondary N) is 5. The Hall–Kier alpha value is -7.30. The molecule has 2 aromatic carbocycles. The Labute approximate surface area is 425 Å². The SMILES string of the molecule is CCCCCC(=O)NC(CCC(N)=O)C(=O)NC1C(=O)NC(CCCN=C(N)N)C(=O)NC2CCC(O)N(C2=O)C(Cc2ccccc2)C(=O)N(C)C(Cc2ccc(O)cc2)C(=O)NC(C(C)C)C(=O)OC1C. The van der Waals surface area contributed by atoms with Crippen LogP contribution in [0, 0.1) is 5.92 Å². The number of esters is 1. The van der Waals surface area contributed by atoms with Crippen LogP contribution in [0.25, 0.3) is 0 Å². The molecule has 0 saturated carbocycles. The van der Waals surface area contributed by atoms with Gasteiger partial charge in [-0.05, 0) is 74.6 Å². The number of phenolic OH excluding ortho intramolecular Hbond substituents is 1. The molecule has 2 aliphatic rings. The van der Waals surface area contributed by atoms with Crippen LogP contribution in [0.3, 0.4) is 0 Å². The van der Waals surface area contributed by atoms with Gasteiger partial charge in [-0.25, -0.2) is 4.79 Å². The zero-order valence-corrected chi connectivity index (χ0v) is 42.2. The molecule has 9 atom stereocenters. The molecule has 0 radical (unpaired) electrons. The third kappa shape index (κ3) is 17.5. The van der Waals surface area contributed by atoms with Crippen molar-refractivity contribution in [1.82, 2.24) is 36.4 Å². The minimum absolute atomic E-state index is 0.00480. The van der Waals surface area contributed by atoms with E-state index in [2.05, 4.69) is 31.6 Å². The molecule has 2 saturated heterocycles. The van der Waals surface area contributed by atoms with Crippen LogP contribution in [0.2, 0.25) is 0 Å². The number of ether oxygens (including phenoxy) is 1. The number of piperidine rings is 1. The lowest BCUT2D eigenvalue weighted by Gasteiger charge is -2.43. The van der Waals surface area contributed by atoms with Crippen LogP contribution in [-0.2, 0) is 60.7 Å². The number of carbonyl (C=O) groups is 9. The topological polar surface area (TPSA) is 360 Å². The van der Waals surface area contributed by atoms with Crippen molar-refractivity contribution in [2.24, 2.45) is 28.1 Å². The summed E-state index contributed by atoms with van der Waals surface area (Å²) in [5, 5.41) is 34.8. The Morgan fingerprint density at radius 2 is 1.48 bits per heavy atom. The van der Waals surface area contributed by atoms with Crippen LogP contribution >= 0.6 is 0 Å². The largest absolute Gasteiger partial charge is 0.508 e. The average molecular weight is 1020 g/mol. The summed E-state index contributed by atoms with van der Waals surface area (Å²) >= 11 is 0. The van der Waals surface area contributed by atoms with E-state index in [4.69, 9.17) is 21.9 Å². The number of aliphatic hydroxyl groups is 1. The predicted octanol–water partition coefficient (Wildman–Crippen LogP) is -0.762. The van der Waals surface area contributed by atoms with E-state index in [0.717, 1.165) is 22.6 Å². The maximum Gasteiger partial charge on any atom is 0.329 e. The summed E-state index contributed by atoms with van der Waals surface area (Å²) in [6, 6.07) is 4.19. The lowest BCUT2D eigenvalue weighted by Crippen LogP contribution is -2.65. The number of unbranched alkanes of at least 4 members (excludes halogenated alkanes) is 2. The highest BCUT2D eigenvalue weighted by atomic mass is 16.5. The summed E-state index contributed by atoms with van der Waals surface area (Å²) in [6.45, 7) is 6.45. The molecule has 400 valence electrons. The van der Waals surface area contributed by atoms with Crippen molar-refractivity contribution in [3.8, 4) is 5.75 Å². The predicted molar refractivity (Wildman–Crippen MR) is 267 cm³/mol. The van der Waals surface area contributed by atoms with Crippen LogP contribution < -0.4 is 43.8 Å². The summed E-state index contributed by atoms with van der Waals surface area (Å²) in [6.07, 6.45) is -2.14. The minimum atomic E-state index is -1.81. The Balaban J connectivity index is 1.88. The van der Waals surface area contributed by atoms with E-state index in [-0.39, 0.29) is 76.0 Å². The third-order valence-corrected chi connectivity index (χ3v) is 12.8. The molecule has 2 aliphatic heterocycles. The zero-order valence-electron chi connectivity index (χ0n) is 42.2. The van der Waals surface area contributed by atoms with Gasteiger partial charge in [0.2, 0.25) is 47.3 Å². The molecule has 0 aliphatic carbocycles. The molecule has 2 fully saturated rings. The molecule has 0 spiro atoms. The number of aliphatic hydroxyl groups excluding tert-OH is 1. The molecule has 73 heavy (non-hydrogen) atoms. The quantitative estimate of drug-likeness (QED) is 0.0358. The van der Waals surface area contributed by atoms with Crippen molar-refractivity contribution in [3.05, 3.63) is 65.7 Å². The lowest BCUT2D eigenvalue weighted by molar-refractivity contribution is -0.165. The number of hydrogen-bond acceptors (Lipinski definition) is 13. The van der Waals surface area contributed by atoms with E-state index in [9.17, 15) is 48.6 Å². The highest BCUT2D eigenvalue weighted by Crippen LogP contribution is 2.26. The van der Waals surface area contributed by atoms with Gasteiger partial charge in [0, 0.05) is 39.3 Å². The Morgan fingerprint density at radius 1 is 0.822 bits per heavy atom. The molecule has 2 bridgehead atoms. The van der Waals surface area contributed by atoms with E-state index in [1.165, 1.54) is 26.1 Å². The summed E-state index contributed by atoms with van der Waals surface area (Å²) in [4.78, 5) is 133. The number of nitrogens with zero attached hydrogens (tertiary/aromatic N) is 3. The first kappa shape index (κ1) is 58.3. The smallest absolute Gasteiger partial charge is 0.329 e. The van der Waals surface area contributed by atoms with Gasteiger partial charge in [0.1, 0.15) is 60.4 Å². The van der Waals surface area contributed by atoms with Gasteiger partial charge in [-0.3, -0.25) is 43.3 Å². The number of rotatable bonds is 19. The van der Waals surface area contributed by atoms with Crippen LogP contribution in [0.1, 0.15) is 103 Å². The number of primary amides is 1. The van der Waals surface area contributed by atoms with Gasteiger partial charge in [-0.15, -0.1) is 0 Å². The van der Waals surface area contributed by atoms with Gasteiger partial charge in [-0.2, -0.15) is 0 Å². The second kappa shape index (κ2) is 28.1. The second-order valence-electron chi connectivity index (χ2n) is 18.9. The molecular formula is C50H73N11O12. The normalized spacial score (nSPS) is 23.9. The van der Waals surface area contributed by atoms with Gasteiger partial charge < -0.3 is 68.5 Å². The fraction of sp³-hybridized carbons (Fsp3) is 0.560. The first-order valence-electron chi connectivity index (χ1n) is 24.7. The Morgan fingerprint density at radius 3 is 2.11 bits per heavy atom. The second-order valence-corrected chi connectivity index (χ2v) is 18.9. The van der Waals surface area contributed by atoms with Gasteiger partial charge in [-0.1, -0.05) is 76.1 Å². The van der Waals surface area contributed by atoms with Crippen molar-refractivity contribution < 1.29 is 58.1 Å². The van der Waals surface area contributed by atoms with Crippen LogP contribution in [0.5, 0.6) is 5.75 Å². The number of guanidine groups is 1. The maximum atomic E-state index is 15.1. The number of likely N-dealkylation sites (N-methyl/N-ethyl adjacent to an activating group) is 1. The van der Waals surface area contributed by atoms with E-state index >= 15 is 4.79 Å². The highest BCUT2D eigenvalue weighted by molar-refractivity contribution is 5.98. The summed E-state index contributed by atoms with van der Waals surface area (Å²) in [7, 11) is 1.35. The van der Waals surface area contributed by atoms with Gasteiger partial charge in [0.05, 0.1) is 0 Å². The molecule has 23 heteroatoms. The Bertz CT molecular complexity index is 2280. The molecule has 4 rings (SSSR count). The van der Waals surface area contributed by atoms with Crippen LogP contribution in [-0.4, -0.2) is 147 Å². The number of aliphatic imine (C=N–C) groups is 1. The molecule has 2 aromatic rings. The molecule has 8 amide bonds. The average Bonchev–Trinajstić information content (AvgIpc) is 3.34. The van der Waals surface area contributed by atoms with E-state index in [1.807, 2.05) is 6.92 Å². The molecule has 2 heterocycles.